The van der Waals surface area contributed by atoms with Crippen molar-refractivity contribution in [2.24, 2.45) is 0 Å². The minimum atomic E-state index is -0.779. The molecule has 4 N–H and O–H groups in total. The molecule has 2 aliphatic rings. The highest BCUT2D eigenvalue weighted by molar-refractivity contribution is 6.33. The summed E-state index contributed by atoms with van der Waals surface area (Å²) >= 11 is 6.28. The third-order valence-corrected chi connectivity index (χ3v) is 4.14. The van der Waals surface area contributed by atoms with Crippen LogP contribution in [0.2, 0.25) is 5.02 Å². The molecular weight excluding hydrogens is 282 g/mol. The Bertz CT molecular complexity index is 556. The summed E-state index contributed by atoms with van der Waals surface area (Å²) in [6, 6.07) is 3.14. The largest absolute Gasteiger partial charge is 0.389 e. The monoisotopic (exact) mass is 297 g/mol. The van der Waals surface area contributed by atoms with Gasteiger partial charge in [-0.25, -0.2) is 0 Å². The number of nitrogens with one attached hydrogen (secondary N) is 2. The van der Waals surface area contributed by atoms with Gasteiger partial charge in [0, 0.05) is 24.3 Å². The number of aliphatic hydroxyl groups is 2. The number of carbonyl (C=O) groups is 1. The maximum absolute atomic E-state index is 11.8. The summed E-state index contributed by atoms with van der Waals surface area (Å²) in [5.41, 5.74) is 2.23. The van der Waals surface area contributed by atoms with Crippen molar-refractivity contribution in [1.82, 2.24) is 5.32 Å². The summed E-state index contributed by atoms with van der Waals surface area (Å²) in [4.78, 5) is 13.6. The van der Waals surface area contributed by atoms with E-state index in [0.717, 1.165) is 5.56 Å². The first kappa shape index (κ1) is 13.6. The minimum absolute atomic E-state index is 0.114. The Kier molecular flexibility index (Phi) is 3.33. The van der Waals surface area contributed by atoms with E-state index in [0.29, 0.717) is 29.5 Å². The van der Waals surface area contributed by atoms with E-state index in [9.17, 15) is 15.0 Å². The van der Waals surface area contributed by atoms with E-state index in [1.54, 1.807) is 19.2 Å². The Morgan fingerprint density at radius 3 is 2.60 bits per heavy atom. The predicted molar refractivity (Wildman–Crippen MR) is 76.1 cm³/mol. The molecular formula is C13H16ClN3O3. The summed E-state index contributed by atoms with van der Waals surface area (Å²) in [5, 5.41) is 25.5. The zero-order valence-electron chi connectivity index (χ0n) is 10.9. The molecule has 3 rings (SSSR count). The quantitative estimate of drug-likeness (QED) is 0.622. The standard InChI is InChI=1S/C13H16ClN3O3/c1-15-12-6-2-7(14)9(3-8(6)16-13(12)20)17-4-10(18)11(19)5-17/h2-3,10-12,15,18-19H,4-5H2,1H3,(H,16,20). The highest BCUT2D eigenvalue weighted by atomic mass is 35.5. The Hall–Kier alpha value is -1.34. The summed E-state index contributed by atoms with van der Waals surface area (Å²) in [7, 11) is 1.72. The second kappa shape index (κ2) is 4.89. The van der Waals surface area contributed by atoms with Gasteiger partial charge in [0.1, 0.15) is 6.04 Å². The van der Waals surface area contributed by atoms with Crippen molar-refractivity contribution in [3.05, 3.63) is 22.7 Å². The smallest absolute Gasteiger partial charge is 0.246 e. The molecule has 3 atom stereocenters. The molecule has 6 nitrogen and oxygen atoms in total. The summed E-state index contributed by atoms with van der Waals surface area (Å²) in [6.07, 6.45) is -1.56. The van der Waals surface area contributed by atoms with Crippen LogP contribution in [0.5, 0.6) is 0 Å². The van der Waals surface area contributed by atoms with Crippen LogP contribution in [0.15, 0.2) is 12.1 Å². The van der Waals surface area contributed by atoms with Crippen LogP contribution in [0.4, 0.5) is 11.4 Å². The van der Waals surface area contributed by atoms with Gasteiger partial charge in [0.25, 0.3) is 0 Å². The highest BCUT2D eigenvalue weighted by Gasteiger charge is 2.34. The summed E-state index contributed by atoms with van der Waals surface area (Å²) in [6.45, 7) is 0.645. The van der Waals surface area contributed by atoms with E-state index < -0.39 is 18.2 Å². The molecule has 0 spiro atoms. The summed E-state index contributed by atoms with van der Waals surface area (Å²) in [5.74, 6) is -0.114. The van der Waals surface area contributed by atoms with Crippen molar-refractivity contribution in [1.29, 1.82) is 0 Å². The first-order valence-electron chi connectivity index (χ1n) is 6.44. The third kappa shape index (κ3) is 2.05. The fourth-order valence-corrected chi connectivity index (χ4v) is 3.06. The van der Waals surface area contributed by atoms with E-state index >= 15 is 0 Å². The molecule has 108 valence electrons. The molecule has 1 fully saturated rings. The van der Waals surface area contributed by atoms with Crippen LogP contribution >= 0.6 is 11.6 Å². The number of fused-ring (bicyclic) bond motifs is 1. The van der Waals surface area contributed by atoms with Crippen LogP contribution in [0.25, 0.3) is 0 Å². The van der Waals surface area contributed by atoms with E-state index in [1.807, 2.05) is 4.90 Å². The lowest BCUT2D eigenvalue weighted by Crippen LogP contribution is -2.23. The van der Waals surface area contributed by atoms with Gasteiger partial charge < -0.3 is 25.7 Å². The molecule has 20 heavy (non-hydrogen) atoms. The molecule has 1 saturated heterocycles. The van der Waals surface area contributed by atoms with Crippen molar-refractivity contribution in [3.63, 3.8) is 0 Å². The van der Waals surface area contributed by atoms with Crippen LogP contribution in [0.1, 0.15) is 11.6 Å². The van der Waals surface area contributed by atoms with Gasteiger partial charge in [-0.3, -0.25) is 4.79 Å². The fourth-order valence-electron chi connectivity index (χ4n) is 2.77. The van der Waals surface area contributed by atoms with Crippen molar-refractivity contribution in [2.75, 3.05) is 30.4 Å². The average molecular weight is 298 g/mol. The van der Waals surface area contributed by atoms with Gasteiger partial charge in [0.05, 0.1) is 22.9 Å². The topological polar surface area (TPSA) is 84.8 Å². The second-order valence-corrected chi connectivity index (χ2v) is 5.55. The van der Waals surface area contributed by atoms with Crippen LogP contribution in [0, 0.1) is 0 Å². The number of amides is 1. The van der Waals surface area contributed by atoms with Gasteiger partial charge in [0.15, 0.2) is 0 Å². The van der Waals surface area contributed by atoms with E-state index in [4.69, 9.17) is 11.6 Å². The fraction of sp³-hybridized carbons (Fsp3) is 0.462. The number of aliphatic hydroxyl groups excluding tert-OH is 2. The van der Waals surface area contributed by atoms with Gasteiger partial charge in [-0.2, -0.15) is 0 Å². The van der Waals surface area contributed by atoms with Crippen LogP contribution in [-0.2, 0) is 4.79 Å². The maximum Gasteiger partial charge on any atom is 0.246 e. The van der Waals surface area contributed by atoms with Crippen LogP contribution in [0.3, 0.4) is 0 Å². The number of benzene rings is 1. The van der Waals surface area contributed by atoms with E-state index in [2.05, 4.69) is 10.6 Å². The molecule has 7 heteroatoms. The first-order valence-corrected chi connectivity index (χ1v) is 6.81. The summed E-state index contributed by atoms with van der Waals surface area (Å²) < 4.78 is 0. The molecule has 3 unspecified atom stereocenters. The second-order valence-electron chi connectivity index (χ2n) is 5.14. The SMILES string of the molecule is CNC1C(=O)Nc2cc(N3CC(O)C(O)C3)c(Cl)cc21. The van der Waals surface area contributed by atoms with Gasteiger partial charge in [-0.1, -0.05) is 11.6 Å². The van der Waals surface area contributed by atoms with E-state index in [-0.39, 0.29) is 5.91 Å². The average Bonchev–Trinajstić information content (AvgIpc) is 2.88. The van der Waals surface area contributed by atoms with Crippen molar-refractivity contribution in [3.8, 4) is 0 Å². The van der Waals surface area contributed by atoms with Crippen LogP contribution in [-0.4, -0.2) is 48.5 Å². The number of carbonyl (C=O) groups excluding carboxylic acids is 1. The number of hydrogen-bond donors (Lipinski definition) is 4. The Morgan fingerprint density at radius 1 is 1.35 bits per heavy atom. The van der Waals surface area contributed by atoms with Gasteiger partial charge in [0.2, 0.25) is 5.91 Å². The lowest BCUT2D eigenvalue weighted by molar-refractivity contribution is -0.117. The number of β-amino-alcohol motifs (C(OH)–C–C–N with tert-alkyl or cyclic N) is 2. The van der Waals surface area contributed by atoms with Crippen molar-refractivity contribution < 1.29 is 15.0 Å². The molecule has 1 aromatic carbocycles. The number of rotatable bonds is 2. The molecule has 0 bridgehead atoms. The molecule has 0 saturated carbocycles. The Balaban J connectivity index is 1.96. The van der Waals surface area contributed by atoms with Gasteiger partial charge >= 0.3 is 0 Å². The Morgan fingerprint density at radius 2 is 2.00 bits per heavy atom. The number of likely N-dealkylation sites (N-methyl/N-ethyl adjacent to an activating group) is 1. The normalized spacial score (nSPS) is 28.7. The number of halogens is 1. The zero-order chi connectivity index (χ0) is 14.4. The van der Waals surface area contributed by atoms with Crippen molar-refractivity contribution >= 4 is 28.9 Å². The first-order chi connectivity index (χ1) is 9.51. The highest BCUT2D eigenvalue weighted by Crippen LogP contribution is 2.39. The lowest BCUT2D eigenvalue weighted by atomic mass is 10.1. The molecule has 2 heterocycles. The number of nitrogens with zero attached hydrogens (tertiary/aromatic N) is 1. The molecule has 0 aliphatic carbocycles. The van der Waals surface area contributed by atoms with E-state index in [1.165, 1.54) is 0 Å². The van der Waals surface area contributed by atoms with Gasteiger partial charge in [-0.15, -0.1) is 0 Å². The van der Waals surface area contributed by atoms with Crippen LogP contribution < -0.4 is 15.5 Å². The molecule has 1 aromatic rings. The molecule has 1 amide bonds. The number of anilines is 2. The molecule has 0 radical (unpaired) electrons. The lowest BCUT2D eigenvalue weighted by Gasteiger charge is -2.20. The molecule has 0 aromatic heterocycles. The van der Waals surface area contributed by atoms with Gasteiger partial charge in [-0.05, 0) is 19.2 Å². The number of hydrogen-bond acceptors (Lipinski definition) is 5. The molecule has 2 aliphatic heterocycles. The zero-order valence-corrected chi connectivity index (χ0v) is 11.7. The van der Waals surface area contributed by atoms with Crippen molar-refractivity contribution in [2.45, 2.75) is 18.2 Å². The minimum Gasteiger partial charge on any atom is -0.389 e. The predicted octanol–water partition coefficient (Wildman–Crippen LogP) is 0.0944. The maximum atomic E-state index is 11.8. The third-order valence-electron chi connectivity index (χ3n) is 3.84. The Labute approximate surface area is 121 Å².